The molecule has 2 N–H and O–H groups in total. The van der Waals surface area contributed by atoms with Crippen molar-refractivity contribution in [2.75, 3.05) is 26.2 Å². The average molecular weight is 241 g/mol. The molecule has 1 amide bonds. The first-order chi connectivity index (χ1) is 7.87. The third-order valence-corrected chi connectivity index (χ3v) is 2.86. The Morgan fingerprint density at radius 2 is 1.88 bits per heavy atom. The summed E-state index contributed by atoms with van der Waals surface area (Å²) in [6.07, 6.45) is 2.63. The normalized spacial score (nSPS) is 19.3. The summed E-state index contributed by atoms with van der Waals surface area (Å²) in [6.45, 7) is 12.0. The molecule has 100 valence electrons. The van der Waals surface area contributed by atoms with Crippen LogP contribution in [0.1, 0.15) is 40.5 Å². The number of carbonyl (C=O) groups is 1. The molecule has 4 nitrogen and oxygen atoms in total. The monoisotopic (exact) mass is 241 g/mol. The van der Waals surface area contributed by atoms with E-state index in [2.05, 4.69) is 22.5 Å². The number of nitrogens with one attached hydrogen (secondary N) is 2. The van der Waals surface area contributed by atoms with Crippen LogP contribution < -0.4 is 10.6 Å². The number of rotatable bonds is 5. The lowest BCUT2D eigenvalue weighted by molar-refractivity contribution is -0.121. The number of amides is 1. The van der Waals surface area contributed by atoms with Gasteiger partial charge in [0.15, 0.2) is 0 Å². The Morgan fingerprint density at radius 1 is 1.29 bits per heavy atom. The van der Waals surface area contributed by atoms with Gasteiger partial charge in [-0.3, -0.25) is 4.79 Å². The molecule has 0 aromatic rings. The van der Waals surface area contributed by atoms with Crippen molar-refractivity contribution in [3.63, 3.8) is 0 Å². The SMILES string of the molecule is CC(CN1CCCC1)NCC(=O)NC(C)(C)C. The molecule has 0 aliphatic carbocycles. The molecule has 4 heteroatoms. The number of hydrogen-bond acceptors (Lipinski definition) is 3. The van der Waals surface area contributed by atoms with Crippen LogP contribution in [0, 0.1) is 0 Å². The Bertz CT molecular complexity index is 242. The minimum absolute atomic E-state index is 0.0748. The van der Waals surface area contributed by atoms with E-state index in [4.69, 9.17) is 0 Å². The molecule has 0 aromatic heterocycles. The molecule has 0 saturated carbocycles. The summed E-state index contributed by atoms with van der Waals surface area (Å²) in [5.74, 6) is 0.0748. The fraction of sp³-hybridized carbons (Fsp3) is 0.923. The van der Waals surface area contributed by atoms with Gasteiger partial charge in [-0.15, -0.1) is 0 Å². The van der Waals surface area contributed by atoms with Crippen LogP contribution in [0.25, 0.3) is 0 Å². The van der Waals surface area contributed by atoms with Crippen molar-refractivity contribution in [2.45, 2.75) is 52.1 Å². The molecule has 0 aromatic carbocycles. The lowest BCUT2D eigenvalue weighted by atomic mass is 10.1. The molecule has 1 aliphatic heterocycles. The summed E-state index contributed by atoms with van der Waals surface area (Å²) in [7, 11) is 0. The number of nitrogens with zero attached hydrogens (tertiary/aromatic N) is 1. The van der Waals surface area contributed by atoms with Crippen molar-refractivity contribution in [1.82, 2.24) is 15.5 Å². The first kappa shape index (κ1) is 14.5. The highest BCUT2D eigenvalue weighted by Crippen LogP contribution is 2.07. The van der Waals surface area contributed by atoms with E-state index >= 15 is 0 Å². The quantitative estimate of drug-likeness (QED) is 0.754. The maximum absolute atomic E-state index is 11.6. The Balaban J connectivity index is 2.14. The second-order valence-corrected chi connectivity index (χ2v) is 6.09. The zero-order chi connectivity index (χ0) is 12.9. The molecular weight excluding hydrogens is 214 g/mol. The highest BCUT2D eigenvalue weighted by molar-refractivity contribution is 5.78. The zero-order valence-electron chi connectivity index (χ0n) is 11.7. The number of likely N-dealkylation sites (tertiary alicyclic amines) is 1. The molecule has 17 heavy (non-hydrogen) atoms. The van der Waals surface area contributed by atoms with Crippen LogP contribution in [0.2, 0.25) is 0 Å². The van der Waals surface area contributed by atoms with Gasteiger partial charge < -0.3 is 15.5 Å². The Hall–Kier alpha value is -0.610. The van der Waals surface area contributed by atoms with Crippen LogP contribution in [-0.2, 0) is 4.79 Å². The Morgan fingerprint density at radius 3 is 2.41 bits per heavy atom. The third-order valence-electron chi connectivity index (χ3n) is 2.86. The molecule has 1 rings (SSSR count). The molecule has 1 atom stereocenters. The van der Waals surface area contributed by atoms with E-state index in [0.29, 0.717) is 12.6 Å². The lowest BCUT2D eigenvalue weighted by Crippen LogP contribution is -2.48. The topological polar surface area (TPSA) is 44.4 Å². The van der Waals surface area contributed by atoms with Gasteiger partial charge in [0.2, 0.25) is 5.91 Å². The van der Waals surface area contributed by atoms with E-state index in [-0.39, 0.29) is 11.4 Å². The largest absolute Gasteiger partial charge is 0.350 e. The van der Waals surface area contributed by atoms with E-state index in [1.165, 1.54) is 25.9 Å². The van der Waals surface area contributed by atoms with E-state index in [9.17, 15) is 4.79 Å². The van der Waals surface area contributed by atoms with E-state index < -0.39 is 0 Å². The summed E-state index contributed by atoms with van der Waals surface area (Å²) in [5.41, 5.74) is -0.142. The molecular formula is C13H27N3O. The maximum Gasteiger partial charge on any atom is 0.234 e. The highest BCUT2D eigenvalue weighted by atomic mass is 16.2. The summed E-state index contributed by atoms with van der Waals surface area (Å²) in [6, 6.07) is 0.374. The first-order valence-corrected chi connectivity index (χ1v) is 6.63. The van der Waals surface area contributed by atoms with Gasteiger partial charge in [-0.1, -0.05) is 0 Å². The zero-order valence-corrected chi connectivity index (χ0v) is 11.7. The van der Waals surface area contributed by atoms with Gasteiger partial charge in [0, 0.05) is 18.1 Å². The van der Waals surface area contributed by atoms with Gasteiger partial charge in [-0.2, -0.15) is 0 Å². The summed E-state index contributed by atoms with van der Waals surface area (Å²) in [5, 5.41) is 6.23. The van der Waals surface area contributed by atoms with Crippen molar-refractivity contribution in [3.8, 4) is 0 Å². The predicted octanol–water partition coefficient (Wildman–Crippen LogP) is 0.975. The smallest absolute Gasteiger partial charge is 0.234 e. The van der Waals surface area contributed by atoms with Crippen LogP contribution >= 0.6 is 0 Å². The molecule has 1 unspecified atom stereocenters. The number of carbonyl (C=O) groups excluding carboxylic acids is 1. The summed E-state index contributed by atoms with van der Waals surface area (Å²) >= 11 is 0. The Kier molecular flexibility index (Phi) is 5.40. The number of hydrogen-bond donors (Lipinski definition) is 2. The van der Waals surface area contributed by atoms with Crippen molar-refractivity contribution in [3.05, 3.63) is 0 Å². The predicted molar refractivity (Wildman–Crippen MR) is 71.0 cm³/mol. The molecule has 1 fully saturated rings. The Labute approximate surface area is 105 Å². The lowest BCUT2D eigenvalue weighted by Gasteiger charge is -2.23. The highest BCUT2D eigenvalue weighted by Gasteiger charge is 2.16. The van der Waals surface area contributed by atoms with Crippen molar-refractivity contribution < 1.29 is 4.79 Å². The molecule has 1 heterocycles. The second kappa shape index (κ2) is 6.36. The molecule has 0 bridgehead atoms. The third kappa shape index (κ3) is 6.64. The maximum atomic E-state index is 11.6. The van der Waals surface area contributed by atoms with Crippen LogP contribution in [0.15, 0.2) is 0 Å². The van der Waals surface area contributed by atoms with Crippen LogP contribution in [-0.4, -0.2) is 48.6 Å². The van der Waals surface area contributed by atoms with Gasteiger partial charge in [0.05, 0.1) is 6.54 Å². The van der Waals surface area contributed by atoms with Crippen molar-refractivity contribution in [2.24, 2.45) is 0 Å². The average Bonchev–Trinajstić information content (AvgIpc) is 2.64. The van der Waals surface area contributed by atoms with Gasteiger partial charge in [0.1, 0.15) is 0 Å². The summed E-state index contributed by atoms with van der Waals surface area (Å²) in [4.78, 5) is 14.1. The fourth-order valence-corrected chi connectivity index (χ4v) is 2.15. The standard InChI is InChI=1S/C13H27N3O/c1-11(10-16-7-5-6-8-16)14-9-12(17)15-13(2,3)4/h11,14H,5-10H2,1-4H3,(H,15,17). The van der Waals surface area contributed by atoms with E-state index in [1.54, 1.807) is 0 Å². The molecule has 0 spiro atoms. The van der Waals surface area contributed by atoms with Gasteiger partial charge in [-0.05, 0) is 53.6 Å². The van der Waals surface area contributed by atoms with Crippen molar-refractivity contribution in [1.29, 1.82) is 0 Å². The van der Waals surface area contributed by atoms with Gasteiger partial charge in [0.25, 0.3) is 0 Å². The van der Waals surface area contributed by atoms with Gasteiger partial charge >= 0.3 is 0 Å². The molecule has 1 saturated heterocycles. The van der Waals surface area contributed by atoms with Crippen LogP contribution in [0.3, 0.4) is 0 Å². The molecule has 1 aliphatic rings. The second-order valence-electron chi connectivity index (χ2n) is 6.09. The van der Waals surface area contributed by atoms with Gasteiger partial charge in [-0.25, -0.2) is 0 Å². The summed E-state index contributed by atoms with van der Waals surface area (Å²) < 4.78 is 0. The van der Waals surface area contributed by atoms with Crippen LogP contribution in [0.4, 0.5) is 0 Å². The van der Waals surface area contributed by atoms with E-state index in [0.717, 1.165) is 6.54 Å². The van der Waals surface area contributed by atoms with E-state index in [1.807, 2.05) is 20.8 Å². The van der Waals surface area contributed by atoms with Crippen molar-refractivity contribution >= 4 is 5.91 Å². The fourth-order valence-electron chi connectivity index (χ4n) is 2.15. The minimum atomic E-state index is -0.142. The van der Waals surface area contributed by atoms with Crippen LogP contribution in [0.5, 0.6) is 0 Å². The minimum Gasteiger partial charge on any atom is -0.350 e. The first-order valence-electron chi connectivity index (χ1n) is 6.63. The molecule has 0 radical (unpaired) electrons.